The second kappa shape index (κ2) is 11.4. The first kappa shape index (κ1) is 24.7. The summed E-state index contributed by atoms with van der Waals surface area (Å²) in [7, 11) is 1.35. The van der Waals surface area contributed by atoms with Crippen LogP contribution in [-0.2, 0) is 11.2 Å². The third-order valence-electron chi connectivity index (χ3n) is 7.34. The van der Waals surface area contributed by atoms with Crippen LogP contribution < -0.4 is 5.32 Å². The normalized spacial score (nSPS) is 17.2. The van der Waals surface area contributed by atoms with Crippen molar-refractivity contribution in [2.45, 2.75) is 12.3 Å². The number of nitrogens with one attached hydrogen (secondary N) is 1. The third-order valence-corrected chi connectivity index (χ3v) is 7.34. The Hall–Kier alpha value is -3.96. The lowest BCUT2D eigenvalue weighted by Gasteiger charge is -2.19. The van der Waals surface area contributed by atoms with Crippen molar-refractivity contribution < 1.29 is 14.3 Å². The molecule has 2 unspecified atom stereocenters. The monoisotopic (exact) mass is 492 g/mol. The lowest BCUT2D eigenvalue weighted by Crippen LogP contribution is -2.31. The predicted molar refractivity (Wildman–Crippen MR) is 147 cm³/mol. The van der Waals surface area contributed by atoms with Crippen molar-refractivity contribution in [1.82, 2.24) is 10.2 Å². The number of fused-ring (bicyclic) bond motifs is 1. The molecule has 1 heterocycles. The number of hydrogen-bond acceptors (Lipinski definition) is 4. The molecule has 0 spiro atoms. The van der Waals surface area contributed by atoms with Crippen LogP contribution >= 0.6 is 0 Å². The van der Waals surface area contributed by atoms with Crippen molar-refractivity contribution in [2.75, 3.05) is 33.3 Å². The number of esters is 1. The molecule has 0 radical (unpaired) electrons. The van der Waals surface area contributed by atoms with Crippen molar-refractivity contribution in [2.24, 2.45) is 5.92 Å². The van der Waals surface area contributed by atoms with Crippen LogP contribution in [0.3, 0.4) is 0 Å². The number of methoxy groups -OCH3 is 1. The van der Waals surface area contributed by atoms with Crippen molar-refractivity contribution in [3.8, 4) is 0 Å². The minimum atomic E-state index is -0.438. The average Bonchev–Trinajstić information content (AvgIpc) is 3.39. The fourth-order valence-corrected chi connectivity index (χ4v) is 5.42. The van der Waals surface area contributed by atoms with Gasteiger partial charge in [-0.3, -0.25) is 4.79 Å². The molecule has 1 N–H and O–H groups in total. The van der Waals surface area contributed by atoms with Gasteiger partial charge in [0.15, 0.2) is 0 Å². The average molecular weight is 493 g/mol. The summed E-state index contributed by atoms with van der Waals surface area (Å²) in [5.41, 5.74) is 3.50. The number of benzene rings is 4. The van der Waals surface area contributed by atoms with Gasteiger partial charge in [-0.2, -0.15) is 0 Å². The number of carbonyl (C=O) groups is 2. The topological polar surface area (TPSA) is 58.6 Å². The summed E-state index contributed by atoms with van der Waals surface area (Å²) in [4.78, 5) is 27.3. The maximum Gasteiger partial charge on any atom is 0.337 e. The van der Waals surface area contributed by atoms with Crippen LogP contribution in [0.1, 0.15) is 37.8 Å². The Kier molecular flexibility index (Phi) is 7.62. The Morgan fingerprint density at radius 3 is 2.43 bits per heavy atom. The summed E-state index contributed by atoms with van der Waals surface area (Å²) in [5.74, 6) is 0.0538. The lowest BCUT2D eigenvalue weighted by molar-refractivity contribution is 0.0600. The number of carbonyl (C=O) groups excluding carboxylic acids is 2. The van der Waals surface area contributed by atoms with E-state index in [1.165, 1.54) is 29.0 Å². The van der Waals surface area contributed by atoms with Crippen molar-refractivity contribution in [1.29, 1.82) is 0 Å². The molecule has 1 amide bonds. The first-order valence-corrected chi connectivity index (χ1v) is 12.8. The van der Waals surface area contributed by atoms with E-state index < -0.39 is 5.97 Å². The second-order valence-corrected chi connectivity index (χ2v) is 9.65. The van der Waals surface area contributed by atoms with E-state index in [4.69, 9.17) is 4.74 Å². The number of nitrogens with zero attached hydrogens (tertiary/aromatic N) is 1. The molecular weight excluding hydrogens is 460 g/mol. The van der Waals surface area contributed by atoms with Gasteiger partial charge in [-0.25, -0.2) is 4.79 Å². The van der Waals surface area contributed by atoms with Gasteiger partial charge in [0.2, 0.25) is 0 Å². The van der Waals surface area contributed by atoms with E-state index in [-0.39, 0.29) is 11.8 Å². The van der Waals surface area contributed by atoms with Gasteiger partial charge in [-0.15, -0.1) is 0 Å². The zero-order valence-corrected chi connectivity index (χ0v) is 21.1. The van der Waals surface area contributed by atoms with E-state index >= 15 is 0 Å². The molecule has 1 aliphatic heterocycles. The van der Waals surface area contributed by atoms with Gasteiger partial charge in [-0.1, -0.05) is 78.9 Å². The quantitative estimate of drug-likeness (QED) is 0.267. The van der Waals surface area contributed by atoms with E-state index in [1.807, 2.05) is 11.0 Å². The second-order valence-electron chi connectivity index (χ2n) is 9.65. The van der Waals surface area contributed by atoms with Gasteiger partial charge in [0.25, 0.3) is 5.91 Å². The van der Waals surface area contributed by atoms with Crippen LogP contribution in [0, 0.1) is 5.92 Å². The summed E-state index contributed by atoms with van der Waals surface area (Å²) < 4.78 is 4.83. The van der Waals surface area contributed by atoms with Crippen LogP contribution in [0.2, 0.25) is 0 Å². The molecule has 1 fully saturated rings. The van der Waals surface area contributed by atoms with Crippen molar-refractivity contribution in [3.05, 3.63) is 119 Å². The fraction of sp³-hybridized carbons (Fsp3) is 0.250. The van der Waals surface area contributed by atoms with Crippen LogP contribution in [0.5, 0.6) is 0 Å². The van der Waals surface area contributed by atoms with Crippen LogP contribution in [-0.4, -0.2) is 50.1 Å². The highest BCUT2D eigenvalue weighted by atomic mass is 16.5. The third kappa shape index (κ3) is 5.57. The first-order valence-electron chi connectivity index (χ1n) is 12.8. The fourth-order valence-electron chi connectivity index (χ4n) is 5.42. The Bertz CT molecular complexity index is 1380. The number of rotatable bonds is 8. The Labute approximate surface area is 218 Å². The standard InChI is InChI=1S/C32H32N2O3/c1-37-32(36)27-15-8-14-26(19-27)31(35)34-21-28(30(22-34)24-9-3-2-4-10-24)20-33-18-17-25-13-7-12-23-11-5-6-16-29(23)25/h2-16,19,28,30,33H,17-18,20-22H2,1H3. The van der Waals surface area contributed by atoms with Gasteiger partial charge in [0.1, 0.15) is 0 Å². The maximum absolute atomic E-state index is 13.4. The Morgan fingerprint density at radius 2 is 1.59 bits per heavy atom. The van der Waals surface area contributed by atoms with E-state index in [0.29, 0.717) is 30.1 Å². The Morgan fingerprint density at radius 1 is 0.865 bits per heavy atom. The Balaban J connectivity index is 1.27. The van der Waals surface area contributed by atoms with Crippen molar-refractivity contribution >= 4 is 22.6 Å². The molecule has 0 bridgehead atoms. The molecule has 188 valence electrons. The molecule has 5 nitrogen and oxygen atoms in total. The minimum Gasteiger partial charge on any atom is -0.465 e. The molecule has 0 aromatic heterocycles. The summed E-state index contributed by atoms with van der Waals surface area (Å²) in [5, 5.41) is 6.25. The number of amides is 1. The van der Waals surface area contributed by atoms with Gasteiger partial charge in [-0.05, 0) is 59.0 Å². The van der Waals surface area contributed by atoms with Crippen LogP contribution in [0.25, 0.3) is 10.8 Å². The maximum atomic E-state index is 13.4. The highest BCUT2D eigenvalue weighted by molar-refractivity contribution is 5.98. The van der Waals surface area contributed by atoms with E-state index in [0.717, 1.165) is 19.5 Å². The largest absolute Gasteiger partial charge is 0.465 e. The molecule has 4 aromatic carbocycles. The molecule has 1 saturated heterocycles. The summed E-state index contributed by atoms with van der Waals surface area (Å²) in [6.07, 6.45) is 0.951. The zero-order valence-electron chi connectivity index (χ0n) is 21.1. The zero-order chi connectivity index (χ0) is 25.6. The van der Waals surface area contributed by atoms with Gasteiger partial charge < -0.3 is 15.0 Å². The number of likely N-dealkylation sites (tertiary alicyclic amines) is 1. The van der Waals surface area contributed by atoms with Gasteiger partial charge >= 0.3 is 5.97 Å². The molecule has 5 rings (SSSR count). The van der Waals surface area contributed by atoms with Crippen molar-refractivity contribution in [3.63, 3.8) is 0 Å². The number of hydrogen-bond donors (Lipinski definition) is 1. The van der Waals surface area contributed by atoms with Gasteiger partial charge in [0, 0.05) is 31.1 Å². The molecule has 37 heavy (non-hydrogen) atoms. The molecular formula is C32H32N2O3. The molecule has 4 aromatic rings. The van der Waals surface area contributed by atoms with E-state index in [1.54, 1.807) is 24.3 Å². The van der Waals surface area contributed by atoms with E-state index in [2.05, 4.69) is 72.0 Å². The van der Waals surface area contributed by atoms with E-state index in [9.17, 15) is 9.59 Å². The molecule has 0 aliphatic carbocycles. The van der Waals surface area contributed by atoms with Crippen LogP contribution in [0.4, 0.5) is 0 Å². The van der Waals surface area contributed by atoms with Crippen LogP contribution in [0.15, 0.2) is 97.1 Å². The molecule has 0 saturated carbocycles. The number of ether oxygens (including phenoxy) is 1. The summed E-state index contributed by atoms with van der Waals surface area (Å²) in [6, 6.07) is 32.2. The molecule has 1 aliphatic rings. The lowest BCUT2D eigenvalue weighted by atomic mass is 9.89. The SMILES string of the molecule is COC(=O)c1cccc(C(=O)N2CC(CNCCc3cccc4ccccc34)C(c3ccccc3)C2)c1. The summed E-state index contributed by atoms with van der Waals surface area (Å²) in [6.45, 7) is 3.03. The summed E-state index contributed by atoms with van der Waals surface area (Å²) >= 11 is 0. The minimum absolute atomic E-state index is 0.0510. The first-order chi connectivity index (χ1) is 18.1. The highest BCUT2D eigenvalue weighted by Gasteiger charge is 2.36. The smallest absolute Gasteiger partial charge is 0.337 e. The molecule has 2 atom stereocenters. The van der Waals surface area contributed by atoms with Gasteiger partial charge in [0.05, 0.1) is 12.7 Å². The predicted octanol–water partition coefficient (Wildman–Crippen LogP) is 5.31. The highest BCUT2D eigenvalue weighted by Crippen LogP contribution is 2.33. The molecule has 5 heteroatoms.